The standard InChI is InChI=1S/C20H24N4O3/c1-5-24-10-9-16(22-24)11-21-20(25)18-17(15(4)27-23-18)12-26-19-13(2)7-6-8-14(19)3/h6-10H,5,11-12H2,1-4H3,(H,21,25). The lowest BCUT2D eigenvalue weighted by Crippen LogP contribution is -2.25. The van der Waals surface area contributed by atoms with E-state index in [0.29, 0.717) is 17.9 Å². The van der Waals surface area contributed by atoms with Gasteiger partial charge in [-0.1, -0.05) is 23.4 Å². The number of amides is 1. The van der Waals surface area contributed by atoms with E-state index >= 15 is 0 Å². The summed E-state index contributed by atoms with van der Waals surface area (Å²) in [5.41, 5.74) is 3.77. The fourth-order valence-corrected chi connectivity index (χ4v) is 2.84. The molecule has 0 saturated heterocycles. The molecule has 0 radical (unpaired) electrons. The first kappa shape index (κ1) is 18.7. The molecule has 2 heterocycles. The molecule has 2 aromatic heterocycles. The molecule has 0 fully saturated rings. The first-order valence-corrected chi connectivity index (χ1v) is 8.94. The van der Waals surface area contributed by atoms with Gasteiger partial charge in [-0.3, -0.25) is 9.48 Å². The summed E-state index contributed by atoms with van der Waals surface area (Å²) in [6, 6.07) is 7.85. The highest BCUT2D eigenvalue weighted by atomic mass is 16.5. The molecule has 0 saturated carbocycles. The molecule has 0 aliphatic carbocycles. The SMILES string of the molecule is CCn1ccc(CNC(=O)c2noc(C)c2COc2c(C)cccc2C)n1. The van der Waals surface area contributed by atoms with Crippen LogP contribution in [-0.4, -0.2) is 20.8 Å². The number of carbonyl (C=O) groups is 1. The zero-order chi connectivity index (χ0) is 19.4. The smallest absolute Gasteiger partial charge is 0.274 e. The Morgan fingerprint density at radius 2 is 1.96 bits per heavy atom. The van der Waals surface area contributed by atoms with Crippen LogP contribution in [0.3, 0.4) is 0 Å². The second-order valence-corrected chi connectivity index (χ2v) is 6.42. The van der Waals surface area contributed by atoms with Crippen molar-refractivity contribution >= 4 is 5.91 Å². The summed E-state index contributed by atoms with van der Waals surface area (Å²) >= 11 is 0. The number of benzene rings is 1. The summed E-state index contributed by atoms with van der Waals surface area (Å²) < 4.78 is 13.0. The second kappa shape index (κ2) is 8.07. The number of nitrogens with one attached hydrogen (secondary N) is 1. The molecular weight excluding hydrogens is 344 g/mol. The van der Waals surface area contributed by atoms with Gasteiger partial charge < -0.3 is 14.6 Å². The van der Waals surface area contributed by atoms with E-state index in [9.17, 15) is 4.79 Å². The first-order chi connectivity index (χ1) is 13.0. The van der Waals surface area contributed by atoms with Crippen molar-refractivity contribution in [1.29, 1.82) is 0 Å². The number of hydrogen-bond acceptors (Lipinski definition) is 5. The second-order valence-electron chi connectivity index (χ2n) is 6.42. The molecule has 3 rings (SSSR count). The van der Waals surface area contributed by atoms with Gasteiger partial charge in [0.25, 0.3) is 5.91 Å². The Morgan fingerprint density at radius 1 is 1.22 bits per heavy atom. The highest BCUT2D eigenvalue weighted by Gasteiger charge is 2.21. The summed E-state index contributed by atoms with van der Waals surface area (Å²) in [7, 11) is 0. The van der Waals surface area contributed by atoms with Crippen LogP contribution in [0.5, 0.6) is 5.75 Å². The Hall–Kier alpha value is -3.09. The Morgan fingerprint density at radius 3 is 2.63 bits per heavy atom. The Balaban J connectivity index is 1.69. The van der Waals surface area contributed by atoms with Crippen molar-refractivity contribution < 1.29 is 14.1 Å². The van der Waals surface area contributed by atoms with Crippen LogP contribution in [0, 0.1) is 20.8 Å². The maximum Gasteiger partial charge on any atom is 0.274 e. The Kier molecular flexibility index (Phi) is 5.59. The lowest BCUT2D eigenvalue weighted by atomic mass is 10.1. The number of aryl methyl sites for hydroxylation is 4. The molecule has 0 unspecified atom stereocenters. The van der Waals surface area contributed by atoms with E-state index in [0.717, 1.165) is 29.1 Å². The van der Waals surface area contributed by atoms with Gasteiger partial charge in [-0.15, -0.1) is 0 Å². The minimum Gasteiger partial charge on any atom is -0.488 e. The van der Waals surface area contributed by atoms with E-state index in [1.165, 1.54) is 0 Å². The molecular formula is C20H24N4O3. The van der Waals surface area contributed by atoms with Crippen molar-refractivity contribution in [2.24, 2.45) is 0 Å². The molecule has 27 heavy (non-hydrogen) atoms. The monoisotopic (exact) mass is 368 g/mol. The molecule has 0 bridgehead atoms. The normalized spacial score (nSPS) is 10.8. The molecule has 1 amide bonds. The number of aromatic nitrogens is 3. The van der Waals surface area contributed by atoms with Crippen LogP contribution < -0.4 is 10.1 Å². The molecule has 7 nitrogen and oxygen atoms in total. The van der Waals surface area contributed by atoms with Crippen molar-refractivity contribution in [3.05, 3.63) is 64.3 Å². The number of hydrogen-bond donors (Lipinski definition) is 1. The average Bonchev–Trinajstić information content (AvgIpc) is 3.26. The van der Waals surface area contributed by atoms with E-state index in [1.807, 2.05) is 55.9 Å². The quantitative estimate of drug-likeness (QED) is 0.692. The highest BCUT2D eigenvalue weighted by Crippen LogP contribution is 2.25. The van der Waals surface area contributed by atoms with E-state index in [4.69, 9.17) is 9.26 Å². The van der Waals surface area contributed by atoms with Crippen molar-refractivity contribution in [2.75, 3.05) is 0 Å². The topological polar surface area (TPSA) is 82.2 Å². The molecule has 7 heteroatoms. The van der Waals surface area contributed by atoms with Crippen LogP contribution in [0.25, 0.3) is 0 Å². The van der Waals surface area contributed by atoms with E-state index < -0.39 is 0 Å². The molecule has 1 N–H and O–H groups in total. The van der Waals surface area contributed by atoms with Crippen molar-refractivity contribution in [3.8, 4) is 5.75 Å². The number of para-hydroxylation sites is 1. The van der Waals surface area contributed by atoms with Crippen LogP contribution in [0.15, 0.2) is 35.0 Å². The Bertz CT molecular complexity index is 922. The molecule has 0 spiro atoms. The summed E-state index contributed by atoms with van der Waals surface area (Å²) in [6.45, 7) is 9.10. The minimum atomic E-state index is -0.307. The lowest BCUT2D eigenvalue weighted by Gasteiger charge is -2.12. The van der Waals surface area contributed by atoms with Gasteiger partial charge in [-0.2, -0.15) is 5.10 Å². The van der Waals surface area contributed by atoms with Gasteiger partial charge in [-0.05, 0) is 44.9 Å². The zero-order valence-corrected chi connectivity index (χ0v) is 16.1. The first-order valence-electron chi connectivity index (χ1n) is 8.94. The molecule has 142 valence electrons. The molecule has 0 aliphatic heterocycles. The molecule has 0 aliphatic rings. The maximum absolute atomic E-state index is 12.5. The predicted molar refractivity (Wildman–Crippen MR) is 101 cm³/mol. The zero-order valence-electron chi connectivity index (χ0n) is 16.1. The summed E-state index contributed by atoms with van der Waals surface area (Å²) in [5, 5.41) is 11.1. The van der Waals surface area contributed by atoms with E-state index in [2.05, 4.69) is 15.6 Å². The van der Waals surface area contributed by atoms with E-state index in [-0.39, 0.29) is 18.2 Å². The molecule has 3 aromatic rings. The van der Waals surface area contributed by atoms with Gasteiger partial charge in [0.05, 0.1) is 17.8 Å². The van der Waals surface area contributed by atoms with Crippen LogP contribution in [0.4, 0.5) is 0 Å². The average molecular weight is 368 g/mol. The van der Waals surface area contributed by atoms with Crippen molar-refractivity contribution in [3.63, 3.8) is 0 Å². The van der Waals surface area contributed by atoms with Gasteiger partial charge in [-0.25, -0.2) is 0 Å². The van der Waals surface area contributed by atoms with Crippen molar-refractivity contribution in [1.82, 2.24) is 20.3 Å². The lowest BCUT2D eigenvalue weighted by molar-refractivity contribution is 0.0939. The third kappa shape index (κ3) is 4.19. The largest absolute Gasteiger partial charge is 0.488 e. The number of carbonyl (C=O) groups excluding carboxylic acids is 1. The van der Waals surface area contributed by atoms with Crippen LogP contribution in [0.1, 0.15) is 45.6 Å². The highest BCUT2D eigenvalue weighted by molar-refractivity contribution is 5.93. The van der Waals surface area contributed by atoms with Crippen LogP contribution in [-0.2, 0) is 19.7 Å². The number of ether oxygens (including phenoxy) is 1. The third-order valence-electron chi connectivity index (χ3n) is 4.42. The summed E-state index contributed by atoms with van der Waals surface area (Å²) in [5.74, 6) is 1.08. The fraction of sp³-hybridized carbons (Fsp3) is 0.350. The van der Waals surface area contributed by atoms with Crippen LogP contribution in [0.2, 0.25) is 0 Å². The van der Waals surface area contributed by atoms with E-state index in [1.54, 1.807) is 6.92 Å². The van der Waals surface area contributed by atoms with Crippen LogP contribution >= 0.6 is 0 Å². The fourth-order valence-electron chi connectivity index (χ4n) is 2.84. The maximum atomic E-state index is 12.5. The minimum absolute atomic E-state index is 0.217. The summed E-state index contributed by atoms with van der Waals surface area (Å²) in [6.07, 6.45) is 1.88. The third-order valence-corrected chi connectivity index (χ3v) is 4.42. The Labute approximate surface area is 158 Å². The number of nitrogens with zero attached hydrogens (tertiary/aromatic N) is 3. The predicted octanol–water partition coefficient (Wildman–Crippen LogP) is 3.33. The van der Waals surface area contributed by atoms with Gasteiger partial charge in [0.2, 0.25) is 0 Å². The van der Waals surface area contributed by atoms with Gasteiger partial charge in [0.1, 0.15) is 18.1 Å². The summed E-state index contributed by atoms with van der Waals surface area (Å²) in [4.78, 5) is 12.5. The molecule has 0 atom stereocenters. The number of rotatable bonds is 7. The van der Waals surface area contributed by atoms with Crippen molar-refractivity contribution in [2.45, 2.75) is 47.4 Å². The molecule has 1 aromatic carbocycles. The van der Waals surface area contributed by atoms with Gasteiger partial charge >= 0.3 is 0 Å². The van der Waals surface area contributed by atoms with Gasteiger partial charge in [0.15, 0.2) is 5.69 Å². The van der Waals surface area contributed by atoms with Gasteiger partial charge in [0, 0.05) is 12.7 Å².